The summed E-state index contributed by atoms with van der Waals surface area (Å²) in [5.74, 6) is 6.58. The summed E-state index contributed by atoms with van der Waals surface area (Å²) in [6.07, 6.45) is 6.41. The molecule has 0 aromatic heterocycles. The van der Waals surface area contributed by atoms with Crippen molar-refractivity contribution >= 4 is 5.69 Å². The summed E-state index contributed by atoms with van der Waals surface area (Å²) in [5, 5.41) is 24.0. The standard InChI is InChI=1S/C31H41NO4/c1-5-13-30(34)15-11-25-23-10-14-29(33)20-31(35-17-18-36-31)16-12-26(29)27(23)24(19-28(25,30)2)21-6-8-22(9-7-21)32(3)4/h6-9,23-25,33-34H,10-12,14-20H2,1-4H3/t23-,24+,25+,28-,29+,30+/m0/s1. The topological polar surface area (TPSA) is 62.2 Å². The summed E-state index contributed by atoms with van der Waals surface area (Å²) in [6, 6.07) is 8.91. The molecule has 1 saturated heterocycles. The first kappa shape index (κ1) is 24.5. The molecule has 36 heavy (non-hydrogen) atoms. The van der Waals surface area contributed by atoms with E-state index in [4.69, 9.17) is 9.47 Å². The zero-order chi connectivity index (χ0) is 25.3. The van der Waals surface area contributed by atoms with Crippen LogP contribution < -0.4 is 4.90 Å². The summed E-state index contributed by atoms with van der Waals surface area (Å²) in [5.41, 5.74) is 3.04. The minimum atomic E-state index is -0.958. The van der Waals surface area contributed by atoms with Crippen LogP contribution in [0.2, 0.25) is 0 Å². The Morgan fingerprint density at radius 1 is 1.00 bits per heavy atom. The molecule has 5 aliphatic rings. The molecule has 4 fully saturated rings. The highest BCUT2D eigenvalue weighted by atomic mass is 16.7. The van der Waals surface area contributed by atoms with Gasteiger partial charge in [-0.1, -0.05) is 30.6 Å². The van der Waals surface area contributed by atoms with E-state index in [-0.39, 0.29) is 11.3 Å². The van der Waals surface area contributed by atoms with E-state index < -0.39 is 17.0 Å². The van der Waals surface area contributed by atoms with E-state index in [0.29, 0.717) is 31.5 Å². The van der Waals surface area contributed by atoms with Crippen LogP contribution in [-0.4, -0.2) is 54.5 Å². The van der Waals surface area contributed by atoms with Crippen molar-refractivity contribution in [2.24, 2.45) is 17.3 Å². The van der Waals surface area contributed by atoms with Gasteiger partial charge in [0.1, 0.15) is 5.60 Å². The number of hydrogen-bond acceptors (Lipinski definition) is 5. The van der Waals surface area contributed by atoms with Crippen LogP contribution in [0.5, 0.6) is 0 Å². The molecular weight excluding hydrogens is 450 g/mol. The maximum atomic E-state index is 12.1. The lowest BCUT2D eigenvalue weighted by atomic mass is 9.49. The summed E-state index contributed by atoms with van der Waals surface area (Å²) in [4.78, 5) is 2.13. The largest absolute Gasteiger partial charge is 0.385 e. The molecule has 0 bridgehead atoms. The lowest BCUT2D eigenvalue weighted by Gasteiger charge is -2.57. The molecule has 194 valence electrons. The van der Waals surface area contributed by atoms with Crippen LogP contribution in [-0.2, 0) is 9.47 Å². The van der Waals surface area contributed by atoms with Crippen LogP contribution in [0.4, 0.5) is 5.69 Å². The first-order chi connectivity index (χ1) is 17.1. The van der Waals surface area contributed by atoms with Gasteiger partial charge >= 0.3 is 0 Å². The van der Waals surface area contributed by atoms with Crippen LogP contribution in [0.1, 0.15) is 76.7 Å². The van der Waals surface area contributed by atoms with Gasteiger partial charge in [0.05, 0.1) is 18.8 Å². The van der Waals surface area contributed by atoms with E-state index in [9.17, 15) is 10.2 Å². The maximum absolute atomic E-state index is 12.1. The average molecular weight is 492 g/mol. The fourth-order valence-corrected chi connectivity index (χ4v) is 8.73. The quantitative estimate of drug-likeness (QED) is 0.461. The molecule has 1 heterocycles. The highest BCUT2D eigenvalue weighted by Crippen LogP contribution is 2.67. The molecule has 5 heteroatoms. The Balaban J connectivity index is 1.48. The predicted molar refractivity (Wildman–Crippen MR) is 141 cm³/mol. The number of allylic oxidation sites excluding steroid dienone is 1. The molecule has 6 atom stereocenters. The number of fused-ring (bicyclic) bond motifs is 4. The fourth-order valence-electron chi connectivity index (χ4n) is 8.73. The molecule has 5 nitrogen and oxygen atoms in total. The van der Waals surface area contributed by atoms with Gasteiger partial charge in [-0.15, -0.1) is 5.92 Å². The SMILES string of the molecule is CC#C[C@@]1(O)CC[C@@H]2[C@@H]3CC[C@@]4(O)CC5(CCC4=C3[C@@H](c3ccc(N(C)C)cc3)C[C@@]21C)OCCO5. The van der Waals surface area contributed by atoms with Crippen molar-refractivity contribution in [2.45, 2.75) is 88.1 Å². The lowest BCUT2D eigenvalue weighted by Crippen LogP contribution is -2.55. The van der Waals surface area contributed by atoms with E-state index in [2.05, 4.69) is 62.0 Å². The number of ether oxygens (including phenoxy) is 2. The first-order valence-corrected chi connectivity index (χ1v) is 13.8. The van der Waals surface area contributed by atoms with Crippen LogP contribution >= 0.6 is 0 Å². The van der Waals surface area contributed by atoms with Crippen molar-refractivity contribution in [1.29, 1.82) is 0 Å². The summed E-state index contributed by atoms with van der Waals surface area (Å²) >= 11 is 0. The monoisotopic (exact) mass is 491 g/mol. The normalized spacial score (nSPS) is 40.8. The Morgan fingerprint density at radius 2 is 1.72 bits per heavy atom. The Hall–Kier alpha value is -1.84. The second-order valence-corrected chi connectivity index (χ2v) is 12.4. The summed E-state index contributed by atoms with van der Waals surface area (Å²) in [7, 11) is 4.13. The molecule has 1 aliphatic heterocycles. The third kappa shape index (κ3) is 3.45. The molecule has 3 saturated carbocycles. The molecule has 2 N–H and O–H groups in total. The number of benzene rings is 1. The molecule has 0 unspecified atom stereocenters. The molecule has 1 aromatic carbocycles. The minimum absolute atomic E-state index is 0.164. The van der Waals surface area contributed by atoms with Crippen molar-refractivity contribution in [3.05, 3.63) is 41.0 Å². The third-order valence-electron chi connectivity index (χ3n) is 10.5. The van der Waals surface area contributed by atoms with Crippen molar-refractivity contribution in [1.82, 2.24) is 0 Å². The van der Waals surface area contributed by atoms with Gasteiger partial charge in [0.15, 0.2) is 5.79 Å². The highest BCUT2D eigenvalue weighted by molar-refractivity contribution is 5.50. The lowest BCUT2D eigenvalue weighted by molar-refractivity contribution is -0.208. The molecule has 0 radical (unpaired) electrons. The molecule has 4 aliphatic carbocycles. The summed E-state index contributed by atoms with van der Waals surface area (Å²) in [6.45, 7) is 5.36. The molecule has 1 spiro atoms. The number of nitrogens with zero attached hydrogens (tertiary/aromatic N) is 1. The van der Waals surface area contributed by atoms with E-state index in [0.717, 1.165) is 44.9 Å². The number of anilines is 1. The van der Waals surface area contributed by atoms with Gasteiger partial charge in [-0.3, -0.25) is 0 Å². The number of hydrogen-bond donors (Lipinski definition) is 2. The van der Waals surface area contributed by atoms with Gasteiger partial charge in [-0.2, -0.15) is 0 Å². The minimum Gasteiger partial charge on any atom is -0.385 e. The van der Waals surface area contributed by atoms with Crippen molar-refractivity contribution in [3.63, 3.8) is 0 Å². The van der Waals surface area contributed by atoms with Crippen molar-refractivity contribution < 1.29 is 19.7 Å². The van der Waals surface area contributed by atoms with E-state index in [1.54, 1.807) is 0 Å². The predicted octanol–water partition coefficient (Wildman–Crippen LogP) is 4.78. The van der Waals surface area contributed by atoms with Gasteiger partial charge in [-0.25, -0.2) is 0 Å². The van der Waals surface area contributed by atoms with Gasteiger partial charge in [0, 0.05) is 44.0 Å². The fraction of sp³-hybridized carbons (Fsp3) is 0.677. The number of aliphatic hydroxyl groups is 2. The molecular formula is C31H41NO4. The second kappa shape index (κ2) is 8.33. The van der Waals surface area contributed by atoms with Crippen LogP contribution in [0.15, 0.2) is 35.4 Å². The Labute approximate surface area is 215 Å². The Bertz CT molecular complexity index is 1120. The van der Waals surface area contributed by atoms with E-state index in [1.165, 1.54) is 22.4 Å². The highest BCUT2D eigenvalue weighted by Gasteiger charge is 2.64. The molecule has 6 rings (SSSR count). The van der Waals surface area contributed by atoms with Crippen LogP contribution in [0.3, 0.4) is 0 Å². The van der Waals surface area contributed by atoms with Crippen LogP contribution in [0.25, 0.3) is 0 Å². The van der Waals surface area contributed by atoms with Gasteiger partial charge in [0.25, 0.3) is 0 Å². The van der Waals surface area contributed by atoms with Crippen molar-refractivity contribution in [3.8, 4) is 11.8 Å². The number of rotatable bonds is 2. The van der Waals surface area contributed by atoms with Crippen molar-refractivity contribution in [2.75, 3.05) is 32.2 Å². The van der Waals surface area contributed by atoms with E-state index >= 15 is 0 Å². The Morgan fingerprint density at radius 3 is 2.39 bits per heavy atom. The second-order valence-electron chi connectivity index (χ2n) is 12.4. The summed E-state index contributed by atoms with van der Waals surface area (Å²) < 4.78 is 12.1. The van der Waals surface area contributed by atoms with Gasteiger partial charge in [0.2, 0.25) is 0 Å². The average Bonchev–Trinajstić information content (AvgIpc) is 3.40. The zero-order valence-electron chi connectivity index (χ0n) is 22.3. The molecule has 0 amide bonds. The van der Waals surface area contributed by atoms with Gasteiger partial charge < -0.3 is 24.6 Å². The smallest absolute Gasteiger partial charge is 0.171 e. The molecule has 1 aromatic rings. The third-order valence-corrected chi connectivity index (χ3v) is 10.5. The van der Waals surface area contributed by atoms with Crippen LogP contribution in [0, 0.1) is 29.1 Å². The first-order valence-electron chi connectivity index (χ1n) is 13.8. The zero-order valence-corrected chi connectivity index (χ0v) is 22.3. The van der Waals surface area contributed by atoms with E-state index in [1.807, 2.05) is 6.92 Å². The Kier molecular flexibility index (Phi) is 5.67. The maximum Gasteiger partial charge on any atom is 0.171 e. The van der Waals surface area contributed by atoms with Gasteiger partial charge in [-0.05, 0) is 80.6 Å².